The number of carbonyl (C=O) groups is 1. The van der Waals surface area contributed by atoms with Crippen LogP contribution in [0.4, 0.5) is 18.9 Å². The van der Waals surface area contributed by atoms with Crippen molar-refractivity contribution in [2.24, 2.45) is 5.92 Å². The Kier molecular flexibility index (Phi) is 5.26. The van der Waals surface area contributed by atoms with Gasteiger partial charge in [-0.25, -0.2) is 8.42 Å². The Morgan fingerprint density at radius 3 is 2.38 bits per heavy atom. The second-order valence-corrected chi connectivity index (χ2v) is 7.68. The zero-order chi connectivity index (χ0) is 18.0. The standard InChI is InChI=1S/C13H11F3N2O4S2/c14-13(15,16)10(6-19)12(20)18-8-1-3-9(4-2-8)24(21,22)11-5-17-7-23-11/h1-5,7,10,19H,6H2,(H,18,20). The molecular weight excluding hydrogens is 369 g/mol. The molecule has 1 amide bonds. The third-order valence-corrected chi connectivity index (χ3v) is 6.04. The molecular formula is C13H11F3N2O4S2. The van der Waals surface area contributed by atoms with E-state index in [1.165, 1.54) is 11.7 Å². The maximum Gasteiger partial charge on any atom is 0.402 e. The highest BCUT2D eigenvalue weighted by Gasteiger charge is 2.44. The molecule has 0 fully saturated rings. The molecule has 0 aliphatic rings. The number of hydrogen-bond acceptors (Lipinski definition) is 6. The van der Waals surface area contributed by atoms with Gasteiger partial charge < -0.3 is 10.4 Å². The molecule has 1 unspecified atom stereocenters. The summed E-state index contributed by atoms with van der Waals surface area (Å²) in [5, 5.41) is 10.7. The average Bonchev–Trinajstić information content (AvgIpc) is 3.02. The number of nitrogens with one attached hydrogen (secondary N) is 1. The van der Waals surface area contributed by atoms with Crippen molar-refractivity contribution in [3.05, 3.63) is 36.0 Å². The van der Waals surface area contributed by atoms with Gasteiger partial charge in [0.15, 0.2) is 5.92 Å². The smallest absolute Gasteiger partial charge is 0.395 e. The van der Waals surface area contributed by atoms with E-state index in [0.717, 1.165) is 35.6 Å². The van der Waals surface area contributed by atoms with Gasteiger partial charge in [-0.1, -0.05) is 0 Å². The van der Waals surface area contributed by atoms with Crippen molar-refractivity contribution in [3.63, 3.8) is 0 Å². The molecule has 1 aromatic heterocycles. The van der Waals surface area contributed by atoms with Crippen LogP contribution in [0.2, 0.25) is 0 Å². The van der Waals surface area contributed by atoms with Crippen LogP contribution in [-0.4, -0.2) is 37.2 Å². The minimum Gasteiger partial charge on any atom is -0.395 e. The molecule has 0 aliphatic heterocycles. The van der Waals surface area contributed by atoms with Crippen molar-refractivity contribution in [1.29, 1.82) is 0 Å². The lowest BCUT2D eigenvalue weighted by Gasteiger charge is -2.17. The minimum absolute atomic E-state index is 0.0223. The number of aliphatic hydroxyl groups is 1. The molecule has 1 aromatic carbocycles. The largest absolute Gasteiger partial charge is 0.402 e. The predicted octanol–water partition coefficient (Wildman–Crippen LogP) is 2.09. The summed E-state index contributed by atoms with van der Waals surface area (Å²) in [5.74, 6) is -3.99. The number of alkyl halides is 3. The Hall–Kier alpha value is -1.98. The first-order chi connectivity index (χ1) is 11.2. The Morgan fingerprint density at radius 1 is 1.29 bits per heavy atom. The molecule has 0 aliphatic carbocycles. The number of rotatable bonds is 5. The van der Waals surface area contributed by atoms with Gasteiger partial charge in [-0.3, -0.25) is 9.78 Å². The van der Waals surface area contributed by atoms with E-state index in [-0.39, 0.29) is 14.8 Å². The van der Waals surface area contributed by atoms with Gasteiger partial charge in [-0.2, -0.15) is 13.2 Å². The first-order valence-corrected chi connectivity index (χ1v) is 8.74. The number of hydrogen-bond donors (Lipinski definition) is 2. The monoisotopic (exact) mass is 380 g/mol. The molecule has 2 N–H and O–H groups in total. The molecule has 130 valence electrons. The number of sulfone groups is 1. The normalized spacial score (nSPS) is 13.5. The average molecular weight is 380 g/mol. The summed E-state index contributed by atoms with van der Waals surface area (Å²) in [6.07, 6.45) is -3.70. The van der Waals surface area contributed by atoms with Gasteiger partial charge in [0.2, 0.25) is 15.7 Å². The highest BCUT2D eigenvalue weighted by Crippen LogP contribution is 2.28. The topological polar surface area (TPSA) is 96.4 Å². The molecule has 2 rings (SSSR count). The van der Waals surface area contributed by atoms with Gasteiger partial charge in [0.1, 0.15) is 4.21 Å². The van der Waals surface area contributed by atoms with Crippen LogP contribution in [0.3, 0.4) is 0 Å². The van der Waals surface area contributed by atoms with Crippen LogP contribution in [-0.2, 0) is 14.6 Å². The summed E-state index contributed by atoms with van der Waals surface area (Å²) in [5.41, 5.74) is 1.33. The van der Waals surface area contributed by atoms with Crippen molar-refractivity contribution < 1.29 is 31.5 Å². The summed E-state index contributed by atoms with van der Waals surface area (Å²) in [6.45, 7) is -1.38. The van der Waals surface area contributed by atoms with Crippen LogP contribution in [0, 0.1) is 5.92 Å². The molecule has 11 heteroatoms. The molecule has 2 aromatic rings. The van der Waals surface area contributed by atoms with Gasteiger partial charge in [0.25, 0.3) is 0 Å². The fourth-order valence-corrected chi connectivity index (χ4v) is 3.93. The number of aliphatic hydroxyl groups excluding tert-OH is 1. The lowest BCUT2D eigenvalue weighted by atomic mass is 10.1. The van der Waals surface area contributed by atoms with Crippen LogP contribution in [0.15, 0.2) is 45.1 Å². The summed E-state index contributed by atoms with van der Waals surface area (Å²) in [4.78, 5) is 15.1. The Balaban J connectivity index is 2.17. The number of anilines is 1. The lowest BCUT2D eigenvalue weighted by molar-refractivity contribution is -0.186. The summed E-state index contributed by atoms with van der Waals surface area (Å²) in [6, 6.07) is 4.64. The quantitative estimate of drug-likeness (QED) is 0.828. The third-order valence-electron chi connectivity index (χ3n) is 3.00. The highest BCUT2D eigenvalue weighted by molar-refractivity contribution is 7.93. The van der Waals surface area contributed by atoms with Gasteiger partial charge in [0, 0.05) is 5.69 Å². The van der Waals surface area contributed by atoms with E-state index < -0.39 is 34.4 Å². The minimum atomic E-state index is -4.88. The summed E-state index contributed by atoms with van der Waals surface area (Å²) in [7, 11) is -3.76. The molecule has 1 atom stereocenters. The number of aromatic nitrogens is 1. The van der Waals surface area contributed by atoms with Crippen molar-refractivity contribution in [3.8, 4) is 0 Å². The third kappa shape index (κ3) is 3.91. The molecule has 0 saturated heterocycles. The van der Waals surface area contributed by atoms with Crippen LogP contribution < -0.4 is 5.32 Å². The molecule has 0 spiro atoms. The van der Waals surface area contributed by atoms with E-state index >= 15 is 0 Å². The second-order valence-electron chi connectivity index (χ2n) is 4.61. The maximum absolute atomic E-state index is 12.5. The van der Waals surface area contributed by atoms with E-state index in [1.54, 1.807) is 0 Å². The highest BCUT2D eigenvalue weighted by atomic mass is 32.2. The maximum atomic E-state index is 12.5. The van der Waals surface area contributed by atoms with Crippen molar-refractivity contribution in [2.45, 2.75) is 15.3 Å². The van der Waals surface area contributed by atoms with Crippen LogP contribution in [0.25, 0.3) is 0 Å². The number of thiazole rings is 1. The molecule has 0 saturated carbocycles. The zero-order valence-corrected chi connectivity index (χ0v) is 13.5. The first-order valence-electron chi connectivity index (χ1n) is 6.38. The molecule has 6 nitrogen and oxygen atoms in total. The number of carbonyl (C=O) groups excluding carboxylic acids is 1. The van der Waals surface area contributed by atoms with E-state index in [4.69, 9.17) is 5.11 Å². The first kappa shape index (κ1) is 18.4. The zero-order valence-electron chi connectivity index (χ0n) is 11.8. The van der Waals surface area contributed by atoms with Gasteiger partial charge >= 0.3 is 6.18 Å². The van der Waals surface area contributed by atoms with Crippen LogP contribution in [0.1, 0.15) is 0 Å². The second kappa shape index (κ2) is 6.87. The lowest BCUT2D eigenvalue weighted by Crippen LogP contribution is -2.37. The van der Waals surface area contributed by atoms with E-state index in [9.17, 15) is 26.4 Å². The number of amides is 1. The van der Waals surface area contributed by atoms with Gasteiger partial charge in [-0.15, -0.1) is 11.3 Å². The van der Waals surface area contributed by atoms with E-state index in [1.807, 2.05) is 5.32 Å². The molecule has 1 heterocycles. The predicted molar refractivity (Wildman–Crippen MR) is 79.3 cm³/mol. The van der Waals surface area contributed by atoms with E-state index in [0.29, 0.717) is 0 Å². The fraction of sp³-hybridized carbons (Fsp3) is 0.231. The fourth-order valence-electron chi connectivity index (χ4n) is 1.73. The van der Waals surface area contributed by atoms with Crippen LogP contribution in [0.5, 0.6) is 0 Å². The Morgan fingerprint density at radius 2 is 1.92 bits per heavy atom. The summed E-state index contributed by atoms with van der Waals surface area (Å²) < 4.78 is 62.1. The van der Waals surface area contributed by atoms with Gasteiger partial charge in [0.05, 0.1) is 23.2 Å². The van der Waals surface area contributed by atoms with Gasteiger partial charge in [-0.05, 0) is 24.3 Å². The number of benzene rings is 1. The van der Waals surface area contributed by atoms with E-state index in [2.05, 4.69) is 4.98 Å². The molecule has 0 radical (unpaired) electrons. The molecule has 0 bridgehead atoms. The van der Waals surface area contributed by atoms with Crippen LogP contribution >= 0.6 is 11.3 Å². The number of halogens is 3. The Bertz CT molecular complexity index is 803. The SMILES string of the molecule is O=C(Nc1ccc(S(=O)(=O)c2cncs2)cc1)C(CO)C(F)(F)F. The number of nitrogens with zero attached hydrogens (tertiary/aromatic N) is 1. The van der Waals surface area contributed by atoms with Crippen molar-refractivity contribution >= 4 is 32.8 Å². The summed E-state index contributed by atoms with van der Waals surface area (Å²) >= 11 is 0.928. The van der Waals surface area contributed by atoms with Crippen molar-refractivity contribution in [2.75, 3.05) is 11.9 Å². The van der Waals surface area contributed by atoms with Crippen molar-refractivity contribution in [1.82, 2.24) is 4.98 Å². The molecule has 24 heavy (non-hydrogen) atoms. The Labute approximate surface area is 138 Å².